The van der Waals surface area contributed by atoms with E-state index in [1.54, 1.807) is 24.0 Å². The number of rotatable bonds is 4. The molecule has 0 radical (unpaired) electrons. The van der Waals surface area contributed by atoms with Crippen LogP contribution in [0.3, 0.4) is 0 Å². The molecule has 0 fully saturated rings. The predicted molar refractivity (Wildman–Crippen MR) is 86.8 cm³/mol. The Kier molecular flexibility index (Phi) is 4.08. The monoisotopic (exact) mass is 310 g/mol. The van der Waals surface area contributed by atoms with Crippen LogP contribution in [0.15, 0.2) is 36.5 Å². The van der Waals surface area contributed by atoms with Crippen LogP contribution in [0.1, 0.15) is 27.2 Å². The number of amides is 1. The van der Waals surface area contributed by atoms with Crippen molar-refractivity contribution in [3.63, 3.8) is 0 Å². The van der Waals surface area contributed by atoms with E-state index in [0.717, 1.165) is 22.2 Å². The van der Waals surface area contributed by atoms with E-state index in [9.17, 15) is 9.90 Å². The lowest BCUT2D eigenvalue weighted by molar-refractivity contribution is 0.0952. The van der Waals surface area contributed by atoms with Gasteiger partial charge in [0.25, 0.3) is 5.91 Å². The maximum absolute atomic E-state index is 12.6. The third kappa shape index (κ3) is 2.93. The normalized spacial score (nSPS) is 10.9. The van der Waals surface area contributed by atoms with Gasteiger partial charge in [0.05, 0.1) is 23.8 Å². The van der Waals surface area contributed by atoms with Crippen LogP contribution < -0.4 is 5.32 Å². The highest BCUT2D eigenvalue weighted by Gasteiger charge is 2.15. The van der Waals surface area contributed by atoms with Crippen molar-refractivity contribution in [3.05, 3.63) is 58.9 Å². The summed E-state index contributed by atoms with van der Waals surface area (Å²) in [6.07, 6.45) is 1.65. The molecular weight excluding hydrogens is 292 g/mol. The molecule has 2 heterocycles. The summed E-state index contributed by atoms with van der Waals surface area (Å²) in [4.78, 5) is 17.0. The van der Waals surface area contributed by atoms with Gasteiger partial charge in [-0.3, -0.25) is 9.48 Å². The van der Waals surface area contributed by atoms with Gasteiger partial charge in [-0.1, -0.05) is 24.3 Å². The lowest BCUT2D eigenvalue weighted by Crippen LogP contribution is -2.24. The fraction of sp³-hybridized carbons (Fsp3) is 0.235. The first-order valence-electron chi connectivity index (χ1n) is 7.35. The SMILES string of the molecule is Cc1cc(C(=O)NCc2ccccc2CO)c2cnn(C)c2n1. The lowest BCUT2D eigenvalue weighted by Gasteiger charge is -2.10. The van der Waals surface area contributed by atoms with E-state index >= 15 is 0 Å². The van der Waals surface area contributed by atoms with Crippen LogP contribution in [0.4, 0.5) is 0 Å². The Morgan fingerprint density at radius 1 is 1.30 bits per heavy atom. The molecule has 0 bridgehead atoms. The van der Waals surface area contributed by atoms with Gasteiger partial charge in [0.1, 0.15) is 0 Å². The molecule has 1 amide bonds. The average molecular weight is 310 g/mol. The highest BCUT2D eigenvalue weighted by molar-refractivity contribution is 6.05. The number of hydrogen-bond donors (Lipinski definition) is 2. The molecule has 23 heavy (non-hydrogen) atoms. The fourth-order valence-electron chi connectivity index (χ4n) is 2.58. The van der Waals surface area contributed by atoms with Crippen molar-refractivity contribution in [2.24, 2.45) is 7.05 Å². The Morgan fingerprint density at radius 3 is 2.78 bits per heavy atom. The van der Waals surface area contributed by atoms with Crippen molar-refractivity contribution < 1.29 is 9.90 Å². The predicted octanol–water partition coefficient (Wildman–Crippen LogP) is 1.70. The summed E-state index contributed by atoms with van der Waals surface area (Å²) < 4.78 is 1.65. The van der Waals surface area contributed by atoms with E-state index < -0.39 is 0 Å². The molecule has 0 atom stereocenters. The minimum atomic E-state index is -0.179. The Labute approximate surface area is 133 Å². The molecule has 0 unspecified atom stereocenters. The van der Waals surface area contributed by atoms with E-state index in [1.165, 1.54) is 0 Å². The zero-order valence-corrected chi connectivity index (χ0v) is 13.1. The summed E-state index contributed by atoms with van der Waals surface area (Å²) in [5.74, 6) is -0.179. The quantitative estimate of drug-likeness (QED) is 0.768. The van der Waals surface area contributed by atoms with E-state index in [1.807, 2.05) is 31.2 Å². The van der Waals surface area contributed by atoms with Gasteiger partial charge in [-0.05, 0) is 24.1 Å². The maximum Gasteiger partial charge on any atom is 0.252 e. The molecule has 0 saturated heterocycles. The number of nitrogens with zero attached hydrogens (tertiary/aromatic N) is 3. The lowest BCUT2D eigenvalue weighted by atomic mass is 10.1. The number of aryl methyl sites for hydroxylation is 2. The molecule has 1 aromatic carbocycles. The Bertz CT molecular complexity index is 870. The van der Waals surface area contributed by atoms with Crippen LogP contribution in [0, 0.1) is 6.92 Å². The van der Waals surface area contributed by atoms with Crippen LogP contribution in [0.25, 0.3) is 11.0 Å². The summed E-state index contributed by atoms with van der Waals surface area (Å²) >= 11 is 0. The molecule has 2 N–H and O–H groups in total. The van der Waals surface area contributed by atoms with Crippen molar-refractivity contribution in [1.29, 1.82) is 0 Å². The largest absolute Gasteiger partial charge is 0.392 e. The van der Waals surface area contributed by atoms with Crippen molar-refractivity contribution in [2.75, 3.05) is 0 Å². The van der Waals surface area contributed by atoms with Crippen molar-refractivity contribution in [3.8, 4) is 0 Å². The van der Waals surface area contributed by atoms with E-state index in [-0.39, 0.29) is 12.5 Å². The van der Waals surface area contributed by atoms with E-state index in [4.69, 9.17) is 0 Å². The van der Waals surface area contributed by atoms with Gasteiger partial charge in [-0.25, -0.2) is 4.98 Å². The van der Waals surface area contributed by atoms with Gasteiger partial charge in [-0.15, -0.1) is 0 Å². The highest BCUT2D eigenvalue weighted by Crippen LogP contribution is 2.18. The molecule has 0 saturated carbocycles. The van der Waals surface area contributed by atoms with Crippen molar-refractivity contribution in [1.82, 2.24) is 20.1 Å². The first kappa shape index (κ1) is 15.2. The van der Waals surface area contributed by atoms with Crippen LogP contribution in [0.5, 0.6) is 0 Å². The summed E-state index contributed by atoms with van der Waals surface area (Å²) in [6.45, 7) is 2.16. The molecule has 0 aliphatic heterocycles. The minimum absolute atomic E-state index is 0.0484. The standard InChI is InChI=1S/C17H18N4O2/c1-11-7-14(15-9-19-21(2)16(15)20-11)17(23)18-8-12-5-3-4-6-13(12)10-22/h3-7,9,22H,8,10H2,1-2H3,(H,18,23). The maximum atomic E-state index is 12.6. The zero-order chi connectivity index (χ0) is 16.4. The Hall–Kier alpha value is -2.73. The number of pyridine rings is 1. The van der Waals surface area contributed by atoms with Gasteiger partial charge in [-0.2, -0.15) is 5.10 Å². The topological polar surface area (TPSA) is 80.0 Å². The molecule has 0 aliphatic rings. The summed E-state index contributed by atoms with van der Waals surface area (Å²) in [5.41, 5.74) is 3.72. The van der Waals surface area contributed by atoms with Crippen molar-refractivity contribution in [2.45, 2.75) is 20.1 Å². The number of carbonyl (C=O) groups is 1. The summed E-state index contributed by atoms with van der Waals surface area (Å²) in [5, 5.41) is 17.1. The average Bonchev–Trinajstić information content (AvgIpc) is 2.93. The third-order valence-electron chi connectivity index (χ3n) is 3.81. The minimum Gasteiger partial charge on any atom is -0.392 e. The second kappa shape index (κ2) is 6.18. The van der Waals surface area contributed by atoms with Crippen LogP contribution >= 0.6 is 0 Å². The van der Waals surface area contributed by atoms with Gasteiger partial charge >= 0.3 is 0 Å². The Balaban J connectivity index is 1.87. The first-order valence-corrected chi connectivity index (χ1v) is 7.35. The highest BCUT2D eigenvalue weighted by atomic mass is 16.3. The third-order valence-corrected chi connectivity index (χ3v) is 3.81. The number of aromatic nitrogens is 3. The van der Waals surface area contributed by atoms with Crippen LogP contribution in [0.2, 0.25) is 0 Å². The Morgan fingerprint density at radius 2 is 2.04 bits per heavy atom. The number of fused-ring (bicyclic) bond motifs is 1. The molecule has 6 nitrogen and oxygen atoms in total. The molecule has 3 rings (SSSR count). The second-order valence-corrected chi connectivity index (χ2v) is 5.43. The summed E-state index contributed by atoms with van der Waals surface area (Å²) in [7, 11) is 1.80. The number of aliphatic hydroxyl groups is 1. The number of carbonyl (C=O) groups excluding carboxylic acids is 1. The molecule has 0 spiro atoms. The number of hydrogen-bond acceptors (Lipinski definition) is 4. The smallest absolute Gasteiger partial charge is 0.252 e. The van der Waals surface area contributed by atoms with Crippen LogP contribution in [-0.4, -0.2) is 25.8 Å². The molecule has 0 aliphatic carbocycles. The van der Waals surface area contributed by atoms with E-state index in [2.05, 4.69) is 15.4 Å². The molecule has 118 valence electrons. The van der Waals surface area contributed by atoms with Gasteiger partial charge in [0, 0.05) is 19.3 Å². The number of benzene rings is 1. The van der Waals surface area contributed by atoms with Gasteiger partial charge in [0.2, 0.25) is 0 Å². The number of nitrogens with one attached hydrogen (secondary N) is 1. The molecular formula is C17H18N4O2. The van der Waals surface area contributed by atoms with Crippen molar-refractivity contribution >= 4 is 16.9 Å². The summed E-state index contributed by atoms with van der Waals surface area (Å²) in [6, 6.07) is 9.25. The zero-order valence-electron chi connectivity index (χ0n) is 13.1. The second-order valence-electron chi connectivity index (χ2n) is 5.43. The molecule has 3 aromatic rings. The van der Waals surface area contributed by atoms with Gasteiger partial charge < -0.3 is 10.4 Å². The molecule has 2 aromatic heterocycles. The van der Waals surface area contributed by atoms with Gasteiger partial charge in [0.15, 0.2) is 5.65 Å². The number of aliphatic hydroxyl groups excluding tert-OH is 1. The van der Waals surface area contributed by atoms with Crippen LogP contribution in [-0.2, 0) is 20.2 Å². The van der Waals surface area contributed by atoms with E-state index in [0.29, 0.717) is 17.8 Å². The molecule has 6 heteroatoms. The first-order chi connectivity index (χ1) is 11.1. The fourth-order valence-corrected chi connectivity index (χ4v) is 2.58.